The first-order valence-electron chi connectivity index (χ1n) is 10.2. The van der Waals surface area contributed by atoms with E-state index in [4.69, 9.17) is 9.47 Å². The number of nitrogens with zero attached hydrogens (tertiary/aromatic N) is 3. The first-order valence-corrected chi connectivity index (χ1v) is 10.2. The first kappa shape index (κ1) is 17.9. The summed E-state index contributed by atoms with van der Waals surface area (Å²) in [7, 11) is 1.74. The van der Waals surface area contributed by atoms with Gasteiger partial charge in [-0.05, 0) is 30.9 Å². The number of aromatic nitrogens is 3. The lowest BCUT2D eigenvalue weighted by molar-refractivity contribution is -0.101. The Hall–Kier alpha value is -2.15. The van der Waals surface area contributed by atoms with Crippen molar-refractivity contribution in [1.82, 2.24) is 19.4 Å². The zero-order valence-electron chi connectivity index (χ0n) is 16.5. The van der Waals surface area contributed by atoms with Gasteiger partial charge >= 0.3 is 0 Å². The number of hydrogen-bond donors (Lipinski definition) is 1. The molecule has 1 fully saturated rings. The molecular formula is C22H28N4O2. The number of benzene rings is 1. The minimum absolute atomic E-state index is 0.153. The van der Waals surface area contributed by atoms with E-state index >= 15 is 0 Å². The molecule has 1 aromatic carbocycles. The fourth-order valence-electron chi connectivity index (χ4n) is 4.84. The van der Waals surface area contributed by atoms with Gasteiger partial charge in [-0.2, -0.15) is 0 Å². The van der Waals surface area contributed by atoms with Crippen molar-refractivity contribution < 1.29 is 9.47 Å². The summed E-state index contributed by atoms with van der Waals surface area (Å²) in [5.41, 5.74) is 5.13. The number of likely N-dealkylation sites (tertiary alicyclic amines) is 1. The van der Waals surface area contributed by atoms with Crippen molar-refractivity contribution in [2.45, 2.75) is 38.0 Å². The molecule has 1 saturated heterocycles. The summed E-state index contributed by atoms with van der Waals surface area (Å²) >= 11 is 0. The highest BCUT2D eigenvalue weighted by Gasteiger charge is 2.42. The number of rotatable bonds is 5. The molecule has 4 heterocycles. The van der Waals surface area contributed by atoms with Gasteiger partial charge in [0, 0.05) is 50.4 Å². The van der Waals surface area contributed by atoms with Crippen LogP contribution in [0.4, 0.5) is 0 Å². The lowest BCUT2D eigenvalue weighted by Gasteiger charge is -2.43. The van der Waals surface area contributed by atoms with E-state index in [1.807, 2.05) is 12.5 Å². The van der Waals surface area contributed by atoms with Crippen LogP contribution in [-0.2, 0) is 34.6 Å². The molecule has 1 N–H and O–H groups in total. The van der Waals surface area contributed by atoms with Crippen molar-refractivity contribution in [1.29, 1.82) is 0 Å². The van der Waals surface area contributed by atoms with Gasteiger partial charge in [-0.15, -0.1) is 0 Å². The van der Waals surface area contributed by atoms with Crippen LogP contribution < -0.4 is 0 Å². The molecular weight excluding hydrogens is 352 g/mol. The molecule has 0 bridgehead atoms. The Balaban J connectivity index is 1.32. The number of methoxy groups -OCH3 is 1. The molecule has 2 aliphatic rings. The van der Waals surface area contributed by atoms with Gasteiger partial charge in [-0.3, -0.25) is 4.90 Å². The Morgan fingerprint density at radius 3 is 2.96 bits per heavy atom. The molecule has 3 aromatic rings. The third kappa shape index (κ3) is 3.05. The Bertz CT molecular complexity index is 953. The van der Waals surface area contributed by atoms with E-state index in [0.29, 0.717) is 6.61 Å². The quantitative estimate of drug-likeness (QED) is 0.739. The number of aromatic amines is 1. The number of piperidine rings is 1. The molecule has 0 radical (unpaired) electrons. The fraction of sp³-hybridized carbons (Fsp3) is 0.500. The number of fused-ring (bicyclic) bond motifs is 4. The topological polar surface area (TPSA) is 55.3 Å². The smallest absolute Gasteiger partial charge is 0.110 e. The normalized spacial score (nSPS) is 19.3. The summed E-state index contributed by atoms with van der Waals surface area (Å²) < 4.78 is 13.8. The lowest BCUT2D eigenvalue weighted by Crippen LogP contribution is -2.46. The van der Waals surface area contributed by atoms with Crippen LogP contribution in [0.1, 0.15) is 29.8 Å². The average Bonchev–Trinajstić information content (AvgIpc) is 3.33. The first-order chi connectivity index (χ1) is 13.8. The summed E-state index contributed by atoms with van der Waals surface area (Å²) in [5, 5.41) is 1.37. The van der Waals surface area contributed by atoms with E-state index in [2.05, 4.69) is 43.7 Å². The highest BCUT2D eigenvalue weighted by molar-refractivity contribution is 5.85. The standard InChI is InChI=1S/C22H28N4O2/c1-27-13-11-26-16-23-14-17(26)15-25-9-7-22(8-10-25)21-19(6-12-28-22)18-4-2-3-5-20(18)24-21/h2-5,14,16,24H,6-13,15H2,1H3. The van der Waals surface area contributed by atoms with Gasteiger partial charge in [0.1, 0.15) is 5.60 Å². The van der Waals surface area contributed by atoms with Crippen LogP contribution in [0.3, 0.4) is 0 Å². The van der Waals surface area contributed by atoms with Gasteiger partial charge in [-0.25, -0.2) is 4.98 Å². The van der Waals surface area contributed by atoms with Crippen LogP contribution in [0, 0.1) is 0 Å². The summed E-state index contributed by atoms with van der Waals surface area (Å²) in [6, 6.07) is 8.65. The van der Waals surface area contributed by atoms with Gasteiger partial charge in [0.2, 0.25) is 0 Å². The number of ether oxygens (including phenoxy) is 2. The summed E-state index contributed by atoms with van der Waals surface area (Å²) in [6.07, 6.45) is 6.94. The SMILES string of the molecule is COCCn1cncc1CN1CCC2(CC1)OCCc1c2[nH]c2ccccc12. The van der Waals surface area contributed by atoms with Crippen LogP contribution in [0.25, 0.3) is 10.9 Å². The molecule has 2 aliphatic heterocycles. The maximum absolute atomic E-state index is 6.43. The Labute approximate surface area is 165 Å². The number of H-pyrrole nitrogens is 1. The van der Waals surface area contributed by atoms with E-state index in [1.165, 1.54) is 27.9 Å². The molecule has 0 saturated carbocycles. The van der Waals surface area contributed by atoms with Gasteiger partial charge in [0.25, 0.3) is 0 Å². The van der Waals surface area contributed by atoms with Gasteiger partial charge in [-0.1, -0.05) is 18.2 Å². The molecule has 6 nitrogen and oxygen atoms in total. The van der Waals surface area contributed by atoms with Crippen molar-refractivity contribution in [3.8, 4) is 0 Å². The van der Waals surface area contributed by atoms with Crippen LogP contribution in [0.2, 0.25) is 0 Å². The lowest BCUT2D eigenvalue weighted by atomic mass is 9.83. The fourth-order valence-corrected chi connectivity index (χ4v) is 4.84. The van der Waals surface area contributed by atoms with Crippen molar-refractivity contribution in [3.63, 3.8) is 0 Å². The second-order valence-electron chi connectivity index (χ2n) is 7.96. The van der Waals surface area contributed by atoms with Crippen LogP contribution in [0.5, 0.6) is 0 Å². The highest BCUT2D eigenvalue weighted by atomic mass is 16.5. The second kappa shape index (κ2) is 7.35. The van der Waals surface area contributed by atoms with E-state index in [1.54, 1.807) is 7.11 Å². The van der Waals surface area contributed by atoms with Crippen LogP contribution in [0.15, 0.2) is 36.8 Å². The minimum atomic E-state index is -0.153. The Morgan fingerprint density at radius 1 is 1.25 bits per heavy atom. The van der Waals surface area contributed by atoms with Crippen molar-refractivity contribution in [2.75, 3.05) is 33.4 Å². The molecule has 5 rings (SSSR count). The molecule has 6 heteroatoms. The third-order valence-corrected chi connectivity index (χ3v) is 6.38. The van der Waals surface area contributed by atoms with Gasteiger partial charge < -0.3 is 19.0 Å². The molecule has 0 atom stereocenters. The Kier molecular flexibility index (Phi) is 4.70. The van der Waals surface area contributed by atoms with Crippen molar-refractivity contribution in [3.05, 3.63) is 53.7 Å². The largest absolute Gasteiger partial charge is 0.383 e. The predicted octanol–water partition coefficient (Wildman–Crippen LogP) is 3.07. The highest BCUT2D eigenvalue weighted by Crippen LogP contribution is 2.43. The van der Waals surface area contributed by atoms with Gasteiger partial charge in [0.05, 0.1) is 30.9 Å². The van der Waals surface area contributed by atoms with Crippen LogP contribution in [-0.4, -0.2) is 52.8 Å². The number of para-hydroxylation sites is 1. The predicted molar refractivity (Wildman–Crippen MR) is 108 cm³/mol. The molecule has 2 aromatic heterocycles. The third-order valence-electron chi connectivity index (χ3n) is 6.38. The van der Waals surface area contributed by atoms with E-state index in [0.717, 1.165) is 52.0 Å². The monoisotopic (exact) mass is 380 g/mol. The summed E-state index contributed by atoms with van der Waals surface area (Å²) in [4.78, 5) is 10.5. The molecule has 148 valence electrons. The number of imidazole rings is 1. The summed E-state index contributed by atoms with van der Waals surface area (Å²) in [5.74, 6) is 0. The maximum atomic E-state index is 6.43. The molecule has 1 spiro atoms. The second-order valence-corrected chi connectivity index (χ2v) is 7.96. The molecule has 28 heavy (non-hydrogen) atoms. The van der Waals surface area contributed by atoms with E-state index in [9.17, 15) is 0 Å². The minimum Gasteiger partial charge on any atom is -0.383 e. The van der Waals surface area contributed by atoms with Crippen molar-refractivity contribution in [2.24, 2.45) is 0 Å². The zero-order valence-corrected chi connectivity index (χ0v) is 16.5. The van der Waals surface area contributed by atoms with Gasteiger partial charge in [0.15, 0.2) is 0 Å². The number of nitrogens with one attached hydrogen (secondary N) is 1. The zero-order chi connectivity index (χ0) is 19.0. The summed E-state index contributed by atoms with van der Waals surface area (Å²) in [6.45, 7) is 5.38. The average molecular weight is 380 g/mol. The van der Waals surface area contributed by atoms with Crippen molar-refractivity contribution >= 4 is 10.9 Å². The van der Waals surface area contributed by atoms with E-state index in [-0.39, 0.29) is 5.60 Å². The van der Waals surface area contributed by atoms with E-state index < -0.39 is 0 Å². The van der Waals surface area contributed by atoms with Crippen LogP contribution >= 0.6 is 0 Å². The Morgan fingerprint density at radius 2 is 2.11 bits per heavy atom. The molecule has 0 aliphatic carbocycles. The molecule has 0 unspecified atom stereocenters. The molecule has 0 amide bonds. The number of hydrogen-bond acceptors (Lipinski definition) is 4. The maximum Gasteiger partial charge on any atom is 0.110 e.